The van der Waals surface area contributed by atoms with E-state index in [1.165, 1.54) is 7.11 Å². The molecule has 0 amide bonds. The van der Waals surface area contributed by atoms with Gasteiger partial charge in [0.25, 0.3) is 0 Å². The summed E-state index contributed by atoms with van der Waals surface area (Å²) in [6.45, 7) is 5.87. The van der Waals surface area contributed by atoms with E-state index in [9.17, 15) is 5.21 Å². The fourth-order valence-corrected chi connectivity index (χ4v) is 2.83. The summed E-state index contributed by atoms with van der Waals surface area (Å²) in [7, 11) is 1.54. The van der Waals surface area contributed by atoms with Crippen molar-refractivity contribution in [2.45, 2.75) is 26.3 Å². The molecule has 28 heavy (non-hydrogen) atoms. The molecule has 0 saturated heterocycles. The standard InChI is InChI=1S/C20H28N2O5S/c1-4-25-18-7-5-6-8-19(18)26-12-11-21-15(2)13-16-9-10-17(24-3)20(14-16)27-22(23)28/h5-10,14-15,21,23,28H,4,11-13H2,1-3H3/t15-/m1/s1. The molecule has 2 aromatic carbocycles. The van der Waals surface area contributed by atoms with Crippen molar-refractivity contribution >= 4 is 12.8 Å². The summed E-state index contributed by atoms with van der Waals surface area (Å²) in [6.07, 6.45) is 0.772. The van der Waals surface area contributed by atoms with Crippen LogP contribution in [0.2, 0.25) is 0 Å². The van der Waals surface area contributed by atoms with Crippen molar-refractivity contribution in [1.29, 1.82) is 0 Å². The van der Waals surface area contributed by atoms with E-state index in [1.54, 1.807) is 6.07 Å². The lowest BCUT2D eigenvalue weighted by Crippen LogP contribution is -2.31. The number of nitrogens with one attached hydrogen (secondary N) is 1. The number of thiol groups is 1. The second-order valence-electron chi connectivity index (χ2n) is 6.12. The molecule has 0 spiro atoms. The third-order valence-electron chi connectivity index (χ3n) is 3.95. The molecule has 7 nitrogen and oxygen atoms in total. The Hall–Kier alpha value is -2.13. The molecule has 2 N–H and O–H groups in total. The van der Waals surface area contributed by atoms with Crippen molar-refractivity contribution in [2.24, 2.45) is 0 Å². The normalized spacial score (nSPS) is 11.9. The number of nitrogens with zero attached hydrogens (tertiary/aromatic N) is 1. The molecular weight excluding hydrogens is 380 g/mol. The average molecular weight is 409 g/mol. The van der Waals surface area contributed by atoms with Gasteiger partial charge in [0.05, 0.1) is 13.7 Å². The molecule has 8 heteroatoms. The lowest BCUT2D eigenvalue weighted by molar-refractivity contribution is -0.189. The molecule has 0 heterocycles. The largest absolute Gasteiger partial charge is 0.493 e. The van der Waals surface area contributed by atoms with Crippen molar-refractivity contribution in [3.63, 3.8) is 0 Å². The van der Waals surface area contributed by atoms with E-state index >= 15 is 0 Å². The number of hydrogen-bond acceptors (Lipinski definition) is 8. The molecule has 2 rings (SSSR count). The Kier molecular flexibility index (Phi) is 9.22. The van der Waals surface area contributed by atoms with Crippen LogP contribution in [0.4, 0.5) is 0 Å². The van der Waals surface area contributed by atoms with Crippen molar-refractivity contribution < 1.29 is 24.3 Å². The molecule has 0 aliphatic rings. The van der Waals surface area contributed by atoms with Crippen LogP contribution in [0.15, 0.2) is 42.5 Å². The summed E-state index contributed by atoms with van der Waals surface area (Å²) in [5.41, 5.74) is 1.04. The maximum atomic E-state index is 9.17. The lowest BCUT2D eigenvalue weighted by Gasteiger charge is -2.17. The summed E-state index contributed by atoms with van der Waals surface area (Å²) in [6, 6.07) is 13.4. The van der Waals surface area contributed by atoms with Gasteiger partial charge in [0.15, 0.2) is 23.0 Å². The van der Waals surface area contributed by atoms with Gasteiger partial charge in [0, 0.05) is 17.2 Å². The second kappa shape index (κ2) is 11.7. The van der Waals surface area contributed by atoms with Crippen LogP contribution in [0.3, 0.4) is 0 Å². The first kappa shape index (κ1) is 22.2. The molecule has 2 aromatic rings. The van der Waals surface area contributed by atoms with Crippen molar-refractivity contribution in [3.8, 4) is 23.0 Å². The topological polar surface area (TPSA) is 72.4 Å². The predicted octanol–water partition coefficient (Wildman–Crippen LogP) is 3.52. The molecule has 0 fully saturated rings. The first-order chi connectivity index (χ1) is 13.5. The molecule has 0 unspecified atom stereocenters. The van der Waals surface area contributed by atoms with Crippen LogP contribution in [0, 0.1) is 0 Å². The number of benzene rings is 2. The Morgan fingerprint density at radius 1 is 1.07 bits per heavy atom. The monoisotopic (exact) mass is 408 g/mol. The zero-order chi connectivity index (χ0) is 20.4. The Morgan fingerprint density at radius 3 is 2.43 bits per heavy atom. The third-order valence-corrected chi connectivity index (χ3v) is 4.03. The Labute approximate surface area is 171 Å². The van der Waals surface area contributed by atoms with Crippen LogP contribution in [0.25, 0.3) is 0 Å². The van der Waals surface area contributed by atoms with Gasteiger partial charge in [-0.1, -0.05) is 18.2 Å². The van der Waals surface area contributed by atoms with E-state index in [-0.39, 0.29) is 6.04 Å². The highest BCUT2D eigenvalue weighted by Crippen LogP contribution is 2.29. The summed E-state index contributed by atoms with van der Waals surface area (Å²) in [4.78, 5) is 5.11. The molecule has 1 atom stereocenters. The van der Waals surface area contributed by atoms with E-state index in [0.29, 0.717) is 35.9 Å². The van der Waals surface area contributed by atoms with Gasteiger partial charge < -0.3 is 24.4 Å². The SMILES string of the molecule is CCOc1ccccc1OCCN[C@H](C)Cc1ccc(OC)c(ON(O)S)c1. The van der Waals surface area contributed by atoms with Crippen LogP contribution >= 0.6 is 12.8 Å². The first-order valence-corrected chi connectivity index (χ1v) is 9.54. The van der Waals surface area contributed by atoms with Gasteiger partial charge in [-0.15, -0.1) is 0 Å². The molecule has 0 aliphatic heterocycles. The van der Waals surface area contributed by atoms with Gasteiger partial charge in [-0.3, -0.25) is 5.21 Å². The molecule has 154 valence electrons. The summed E-state index contributed by atoms with van der Waals surface area (Å²) < 4.78 is 16.9. The van der Waals surface area contributed by atoms with Gasteiger partial charge >= 0.3 is 0 Å². The quantitative estimate of drug-likeness (QED) is 0.282. The first-order valence-electron chi connectivity index (χ1n) is 9.14. The van der Waals surface area contributed by atoms with E-state index in [0.717, 1.165) is 23.5 Å². The molecule has 0 aliphatic carbocycles. The number of methoxy groups -OCH3 is 1. The highest BCUT2D eigenvalue weighted by molar-refractivity contribution is 7.77. The maximum absolute atomic E-state index is 9.17. The fraction of sp³-hybridized carbons (Fsp3) is 0.400. The van der Waals surface area contributed by atoms with Gasteiger partial charge in [-0.05, 0) is 62.9 Å². The number of para-hydroxylation sites is 2. The number of rotatable bonds is 12. The van der Waals surface area contributed by atoms with Crippen molar-refractivity contribution in [3.05, 3.63) is 48.0 Å². The summed E-state index contributed by atoms with van der Waals surface area (Å²) in [5.74, 6) is 2.40. The molecule has 0 saturated carbocycles. The predicted molar refractivity (Wildman–Crippen MR) is 111 cm³/mol. The van der Waals surface area contributed by atoms with E-state index in [2.05, 4.69) is 25.1 Å². The van der Waals surface area contributed by atoms with Gasteiger partial charge in [0.2, 0.25) is 0 Å². The summed E-state index contributed by atoms with van der Waals surface area (Å²) in [5, 5.41) is 12.6. The second-order valence-corrected chi connectivity index (χ2v) is 6.46. The van der Waals surface area contributed by atoms with Gasteiger partial charge in [-0.25, -0.2) is 0 Å². The number of ether oxygens (including phenoxy) is 3. The zero-order valence-corrected chi connectivity index (χ0v) is 17.3. The van der Waals surface area contributed by atoms with Crippen LogP contribution in [0.5, 0.6) is 23.0 Å². The van der Waals surface area contributed by atoms with Crippen LogP contribution in [0.1, 0.15) is 19.4 Å². The van der Waals surface area contributed by atoms with Crippen molar-refractivity contribution in [2.75, 3.05) is 26.9 Å². The molecular formula is C20H28N2O5S. The molecule has 0 aromatic heterocycles. The zero-order valence-electron chi connectivity index (χ0n) is 16.4. The average Bonchev–Trinajstić information content (AvgIpc) is 2.66. The minimum atomic E-state index is 0.216. The van der Waals surface area contributed by atoms with Gasteiger partial charge in [-0.2, -0.15) is 0 Å². The maximum Gasteiger partial charge on any atom is 0.193 e. The van der Waals surface area contributed by atoms with E-state index in [4.69, 9.17) is 19.0 Å². The number of hydrogen-bond donors (Lipinski definition) is 3. The van der Waals surface area contributed by atoms with Crippen LogP contribution in [-0.2, 0) is 6.42 Å². The minimum Gasteiger partial charge on any atom is -0.493 e. The highest BCUT2D eigenvalue weighted by Gasteiger charge is 2.11. The smallest absolute Gasteiger partial charge is 0.193 e. The van der Waals surface area contributed by atoms with Crippen LogP contribution < -0.4 is 24.4 Å². The summed E-state index contributed by atoms with van der Waals surface area (Å²) >= 11 is 3.68. The Balaban J connectivity index is 1.82. The molecule has 0 bridgehead atoms. The minimum absolute atomic E-state index is 0.216. The Morgan fingerprint density at radius 2 is 1.79 bits per heavy atom. The lowest BCUT2D eigenvalue weighted by atomic mass is 10.1. The fourth-order valence-electron chi connectivity index (χ4n) is 2.74. The van der Waals surface area contributed by atoms with E-state index in [1.807, 2.05) is 43.3 Å². The van der Waals surface area contributed by atoms with Gasteiger partial charge in [0.1, 0.15) is 6.61 Å². The Bertz CT molecular complexity index is 729. The third kappa shape index (κ3) is 7.12. The van der Waals surface area contributed by atoms with E-state index < -0.39 is 0 Å². The highest BCUT2D eigenvalue weighted by atomic mass is 32.1. The van der Waals surface area contributed by atoms with Crippen molar-refractivity contribution in [1.82, 2.24) is 9.95 Å². The van der Waals surface area contributed by atoms with Crippen LogP contribution in [-0.4, -0.2) is 42.7 Å². The molecule has 0 radical (unpaired) electrons.